The molecule has 2 aromatic heterocycles. The molecule has 2 aromatic carbocycles. The molecule has 34 heavy (non-hydrogen) atoms. The molecule has 6 nitrogen and oxygen atoms in total. The number of hydrogen-bond acceptors (Lipinski definition) is 4. The van der Waals surface area contributed by atoms with E-state index in [9.17, 15) is 22.4 Å². The Morgan fingerprint density at radius 2 is 1.71 bits per heavy atom. The number of amides is 1. The highest BCUT2D eigenvalue weighted by Crippen LogP contribution is 2.24. The lowest BCUT2D eigenvalue weighted by molar-refractivity contribution is 0.0992. The van der Waals surface area contributed by atoms with E-state index in [4.69, 9.17) is 9.15 Å². The second-order valence-corrected chi connectivity index (χ2v) is 7.57. The van der Waals surface area contributed by atoms with Crippen LogP contribution < -0.4 is 10.1 Å². The quantitative estimate of drug-likeness (QED) is 0.283. The molecule has 0 spiro atoms. The molecule has 0 radical (unpaired) electrons. The van der Waals surface area contributed by atoms with Crippen LogP contribution >= 0.6 is 0 Å². The largest absolute Gasteiger partial charge is 0.485 e. The van der Waals surface area contributed by atoms with Crippen molar-refractivity contribution in [2.75, 3.05) is 5.32 Å². The minimum absolute atomic E-state index is 0.000976. The van der Waals surface area contributed by atoms with Crippen molar-refractivity contribution in [2.24, 2.45) is 0 Å². The molecule has 0 saturated carbocycles. The highest BCUT2D eigenvalue weighted by atomic mass is 19.2. The number of halogens is 4. The number of nitrogens with one attached hydrogen (secondary N) is 1. The van der Waals surface area contributed by atoms with E-state index in [1.165, 1.54) is 18.3 Å². The van der Waals surface area contributed by atoms with E-state index in [2.05, 4.69) is 10.4 Å². The monoisotopic (exact) mass is 473 g/mol. The van der Waals surface area contributed by atoms with Crippen molar-refractivity contribution < 1.29 is 31.5 Å². The van der Waals surface area contributed by atoms with Crippen LogP contribution in [0.3, 0.4) is 0 Å². The summed E-state index contributed by atoms with van der Waals surface area (Å²) in [5, 5.41) is 6.44. The Kier molecular flexibility index (Phi) is 6.40. The number of carbonyl (C=O) groups is 1. The number of aromatic nitrogens is 2. The van der Waals surface area contributed by atoms with Crippen LogP contribution in [0.5, 0.6) is 5.75 Å². The molecule has 1 amide bonds. The molecule has 1 N–H and O–H groups in total. The number of anilines is 1. The molecule has 0 atom stereocenters. The average Bonchev–Trinajstić information content (AvgIpc) is 3.45. The van der Waals surface area contributed by atoms with Gasteiger partial charge < -0.3 is 14.5 Å². The van der Waals surface area contributed by atoms with Crippen LogP contribution in [0.1, 0.15) is 33.0 Å². The summed E-state index contributed by atoms with van der Waals surface area (Å²) >= 11 is 0. The summed E-state index contributed by atoms with van der Waals surface area (Å²) in [5.74, 6) is -5.44. The third kappa shape index (κ3) is 4.80. The van der Waals surface area contributed by atoms with E-state index in [-0.39, 0.29) is 24.3 Å². The topological polar surface area (TPSA) is 69.3 Å². The fourth-order valence-corrected chi connectivity index (χ4v) is 3.37. The molecule has 0 bridgehead atoms. The Morgan fingerprint density at radius 1 is 1.03 bits per heavy atom. The summed E-state index contributed by atoms with van der Waals surface area (Å²) < 4.78 is 66.9. The van der Waals surface area contributed by atoms with Gasteiger partial charge in [0.1, 0.15) is 18.1 Å². The van der Waals surface area contributed by atoms with Gasteiger partial charge in [0.2, 0.25) is 0 Å². The molecule has 4 rings (SSSR count). The van der Waals surface area contributed by atoms with E-state index in [0.29, 0.717) is 5.76 Å². The average molecular weight is 473 g/mol. The van der Waals surface area contributed by atoms with Crippen LogP contribution in [0.4, 0.5) is 23.4 Å². The second-order valence-electron chi connectivity index (χ2n) is 7.57. The fraction of sp³-hybridized carbons (Fsp3) is 0.167. The molecule has 4 aromatic rings. The Hall–Kier alpha value is -4.08. The molecule has 0 fully saturated rings. The minimum Gasteiger partial charge on any atom is -0.485 e. The number of furan rings is 1. The lowest BCUT2D eigenvalue weighted by atomic mass is 10.1. The van der Waals surface area contributed by atoms with Crippen molar-refractivity contribution in [2.45, 2.75) is 27.0 Å². The minimum atomic E-state index is -1.51. The number of ether oxygens (including phenoxy) is 1. The van der Waals surface area contributed by atoms with Crippen LogP contribution in [0.15, 0.2) is 53.1 Å². The van der Waals surface area contributed by atoms with E-state index < -0.39 is 41.3 Å². The summed E-state index contributed by atoms with van der Waals surface area (Å²) in [4.78, 5) is 12.5. The molecular weight excluding hydrogens is 454 g/mol. The summed E-state index contributed by atoms with van der Waals surface area (Å²) in [6.07, 6.45) is 1.29. The highest BCUT2D eigenvalue weighted by Gasteiger charge is 2.20. The maximum Gasteiger partial charge on any atom is 0.292 e. The first kappa shape index (κ1) is 23.1. The zero-order valence-corrected chi connectivity index (χ0v) is 18.2. The van der Waals surface area contributed by atoms with Crippen molar-refractivity contribution in [1.29, 1.82) is 0 Å². The van der Waals surface area contributed by atoms with Gasteiger partial charge in [-0.25, -0.2) is 17.6 Å². The number of aryl methyl sites for hydroxylation is 2. The molecule has 0 aliphatic carbocycles. The number of hydrogen-bond donors (Lipinski definition) is 1. The standard InChI is InChI=1S/C24H19F4N3O3/c1-13-4-3-5-14(2)23(13)33-12-15-6-7-19(34-15)24(32)29-20-8-9-31(30-20)11-16-21(27)17(25)10-18(26)22(16)28/h3-10H,11-12H2,1-2H3,(H,29,30,32). The summed E-state index contributed by atoms with van der Waals surface area (Å²) in [5.41, 5.74) is 1.12. The van der Waals surface area contributed by atoms with Gasteiger partial charge in [-0.05, 0) is 37.1 Å². The first-order valence-corrected chi connectivity index (χ1v) is 10.2. The second kappa shape index (κ2) is 9.42. The molecule has 176 valence electrons. The first-order valence-electron chi connectivity index (χ1n) is 10.2. The van der Waals surface area contributed by atoms with Crippen molar-refractivity contribution >= 4 is 11.7 Å². The summed E-state index contributed by atoms with van der Waals surface area (Å²) in [6.45, 7) is 3.39. The van der Waals surface area contributed by atoms with Crippen LogP contribution in [0.2, 0.25) is 0 Å². The van der Waals surface area contributed by atoms with Crippen molar-refractivity contribution in [3.05, 3.63) is 100 Å². The maximum atomic E-state index is 13.9. The van der Waals surface area contributed by atoms with E-state index in [1.54, 1.807) is 6.07 Å². The van der Waals surface area contributed by atoms with Gasteiger partial charge in [0.25, 0.3) is 5.91 Å². The molecule has 2 heterocycles. The van der Waals surface area contributed by atoms with Gasteiger partial charge in [-0.1, -0.05) is 18.2 Å². The lowest BCUT2D eigenvalue weighted by Gasteiger charge is -2.10. The van der Waals surface area contributed by atoms with E-state index >= 15 is 0 Å². The third-order valence-electron chi connectivity index (χ3n) is 5.06. The number of para-hydroxylation sites is 1. The molecule has 0 aliphatic heterocycles. The summed E-state index contributed by atoms with van der Waals surface area (Å²) in [7, 11) is 0. The van der Waals surface area contributed by atoms with Crippen LogP contribution in [-0.4, -0.2) is 15.7 Å². The smallest absolute Gasteiger partial charge is 0.292 e. The Labute approximate surface area is 191 Å². The van der Waals surface area contributed by atoms with Crippen molar-refractivity contribution in [3.8, 4) is 5.75 Å². The number of benzene rings is 2. The number of nitrogens with zero attached hydrogens (tertiary/aromatic N) is 2. The van der Waals surface area contributed by atoms with Crippen LogP contribution in [0, 0.1) is 37.1 Å². The van der Waals surface area contributed by atoms with Gasteiger partial charge >= 0.3 is 0 Å². The molecular formula is C24H19F4N3O3. The number of rotatable bonds is 7. The van der Waals surface area contributed by atoms with Gasteiger partial charge in [-0.3, -0.25) is 9.48 Å². The Bertz CT molecular complexity index is 1320. The van der Waals surface area contributed by atoms with Crippen LogP contribution in [-0.2, 0) is 13.2 Å². The highest BCUT2D eigenvalue weighted by molar-refractivity contribution is 6.01. The van der Waals surface area contributed by atoms with Crippen molar-refractivity contribution in [3.63, 3.8) is 0 Å². The predicted molar refractivity (Wildman–Crippen MR) is 115 cm³/mol. The maximum absolute atomic E-state index is 13.9. The van der Waals surface area contributed by atoms with E-state index in [0.717, 1.165) is 21.6 Å². The fourth-order valence-electron chi connectivity index (χ4n) is 3.37. The van der Waals surface area contributed by atoms with E-state index in [1.807, 2.05) is 32.0 Å². The lowest BCUT2D eigenvalue weighted by Crippen LogP contribution is -2.13. The Balaban J connectivity index is 1.40. The predicted octanol–water partition coefficient (Wildman–Crippen LogP) is 5.53. The zero-order chi connectivity index (χ0) is 24.4. The zero-order valence-electron chi connectivity index (χ0n) is 18.2. The molecule has 0 saturated heterocycles. The molecule has 0 unspecified atom stereocenters. The SMILES string of the molecule is Cc1cccc(C)c1OCc1ccc(C(=O)Nc2ccn(Cc3c(F)c(F)cc(F)c3F)n2)o1. The van der Waals surface area contributed by atoms with Crippen LogP contribution in [0.25, 0.3) is 0 Å². The number of carbonyl (C=O) groups excluding carboxylic acids is 1. The molecule has 10 heteroatoms. The van der Waals surface area contributed by atoms with Gasteiger partial charge in [-0.2, -0.15) is 5.10 Å². The van der Waals surface area contributed by atoms with Crippen molar-refractivity contribution in [1.82, 2.24) is 9.78 Å². The van der Waals surface area contributed by atoms with Gasteiger partial charge in [0.15, 0.2) is 34.8 Å². The van der Waals surface area contributed by atoms with Gasteiger partial charge in [0.05, 0.1) is 12.1 Å². The van der Waals surface area contributed by atoms with Gasteiger partial charge in [-0.15, -0.1) is 0 Å². The summed E-state index contributed by atoms with van der Waals surface area (Å²) in [6, 6.07) is 10.3. The third-order valence-corrected chi connectivity index (χ3v) is 5.06. The first-order chi connectivity index (χ1) is 16.2. The molecule has 0 aliphatic rings. The van der Waals surface area contributed by atoms with Gasteiger partial charge in [0, 0.05) is 18.3 Å². The Morgan fingerprint density at radius 3 is 2.38 bits per heavy atom. The normalized spacial score (nSPS) is 11.0.